The number of fused-ring (bicyclic) bond motifs is 1. The molecule has 37 heavy (non-hydrogen) atoms. The quantitative estimate of drug-likeness (QED) is 0.510. The third-order valence-corrected chi connectivity index (χ3v) is 10.1. The van der Waals surface area contributed by atoms with Crippen molar-refractivity contribution in [1.29, 1.82) is 0 Å². The molecule has 2 unspecified atom stereocenters. The van der Waals surface area contributed by atoms with Crippen LogP contribution in [0.2, 0.25) is 0 Å². The zero-order valence-electron chi connectivity index (χ0n) is 20.8. The molecule has 6 nitrogen and oxygen atoms in total. The van der Waals surface area contributed by atoms with Crippen LogP contribution in [0, 0.1) is 5.92 Å². The van der Waals surface area contributed by atoms with Gasteiger partial charge in [-0.05, 0) is 85.5 Å². The fourth-order valence-corrected chi connectivity index (χ4v) is 8.21. The number of carbonyl (C=O) groups excluding carboxylic acids is 1. The van der Waals surface area contributed by atoms with E-state index in [-0.39, 0.29) is 23.7 Å². The van der Waals surface area contributed by atoms with E-state index < -0.39 is 17.1 Å². The number of carbonyl (C=O) groups is 1. The first-order valence-corrected chi connectivity index (χ1v) is 13.8. The second-order valence-electron chi connectivity index (χ2n) is 12.0. The molecule has 0 aromatic heterocycles. The number of aromatic hydroxyl groups is 1. The Kier molecular flexibility index (Phi) is 4.44. The number of aliphatic hydroxyl groups is 1. The van der Waals surface area contributed by atoms with Crippen molar-refractivity contribution in [3.8, 4) is 11.5 Å². The van der Waals surface area contributed by atoms with Crippen LogP contribution < -0.4 is 10.1 Å². The largest absolute Gasteiger partial charge is 0.504 e. The van der Waals surface area contributed by atoms with E-state index >= 15 is 0 Å². The molecule has 5 atom stereocenters. The Morgan fingerprint density at radius 2 is 1.89 bits per heavy atom. The van der Waals surface area contributed by atoms with Crippen LogP contribution in [0.25, 0.3) is 10.8 Å². The number of piperidine rings is 1. The number of rotatable bonds is 4. The third-order valence-electron chi connectivity index (χ3n) is 10.1. The van der Waals surface area contributed by atoms with E-state index in [1.807, 2.05) is 48.5 Å². The highest BCUT2D eigenvalue weighted by atomic mass is 16.5. The number of hydrogen-bond acceptors (Lipinski definition) is 5. The molecule has 5 aliphatic rings. The van der Waals surface area contributed by atoms with Crippen LogP contribution in [0.15, 0.2) is 54.6 Å². The van der Waals surface area contributed by atoms with Crippen molar-refractivity contribution in [2.75, 3.05) is 13.1 Å². The Bertz CT molecular complexity index is 1450. The Labute approximate surface area is 216 Å². The van der Waals surface area contributed by atoms with Gasteiger partial charge in [-0.1, -0.05) is 36.4 Å². The summed E-state index contributed by atoms with van der Waals surface area (Å²) in [5, 5.41) is 28.8. The topological polar surface area (TPSA) is 82.0 Å². The van der Waals surface area contributed by atoms with Gasteiger partial charge >= 0.3 is 0 Å². The molecule has 3 aromatic carbocycles. The van der Waals surface area contributed by atoms with Gasteiger partial charge in [0.1, 0.15) is 6.10 Å². The van der Waals surface area contributed by atoms with E-state index in [0.717, 1.165) is 48.2 Å². The molecule has 2 saturated carbocycles. The van der Waals surface area contributed by atoms with Gasteiger partial charge in [0, 0.05) is 23.7 Å². The number of phenols is 1. The van der Waals surface area contributed by atoms with Gasteiger partial charge in [0.2, 0.25) is 0 Å². The zero-order chi connectivity index (χ0) is 24.9. The van der Waals surface area contributed by atoms with E-state index in [0.29, 0.717) is 24.2 Å². The summed E-state index contributed by atoms with van der Waals surface area (Å²) in [7, 11) is 0. The van der Waals surface area contributed by atoms with Gasteiger partial charge in [-0.3, -0.25) is 9.69 Å². The number of benzene rings is 3. The second kappa shape index (κ2) is 7.49. The fourth-order valence-electron chi connectivity index (χ4n) is 8.21. The monoisotopic (exact) mass is 496 g/mol. The maximum atomic E-state index is 13.5. The lowest BCUT2D eigenvalue weighted by Gasteiger charge is -2.64. The van der Waals surface area contributed by atoms with E-state index in [9.17, 15) is 15.0 Å². The zero-order valence-corrected chi connectivity index (χ0v) is 20.8. The van der Waals surface area contributed by atoms with Gasteiger partial charge in [0.15, 0.2) is 11.5 Å². The first-order chi connectivity index (χ1) is 18.0. The lowest BCUT2D eigenvalue weighted by Crippen LogP contribution is -2.78. The highest BCUT2D eigenvalue weighted by Gasteiger charge is 2.73. The van der Waals surface area contributed by atoms with Crippen LogP contribution in [0.1, 0.15) is 53.6 Å². The summed E-state index contributed by atoms with van der Waals surface area (Å²) in [6.45, 7) is 1.96. The predicted octanol–water partition coefficient (Wildman–Crippen LogP) is 3.91. The molecule has 1 spiro atoms. The molecule has 2 aliphatic heterocycles. The number of phenolic OH excluding ortho intramolecular Hbond substituents is 1. The van der Waals surface area contributed by atoms with Crippen molar-refractivity contribution in [2.45, 2.75) is 67.7 Å². The summed E-state index contributed by atoms with van der Waals surface area (Å²) >= 11 is 0. The summed E-state index contributed by atoms with van der Waals surface area (Å²) < 4.78 is 6.58. The summed E-state index contributed by atoms with van der Waals surface area (Å²) in [6.07, 6.45) is 4.95. The number of likely N-dealkylation sites (tertiary alicyclic amines) is 1. The number of nitrogens with zero attached hydrogens (tertiary/aromatic N) is 1. The highest BCUT2D eigenvalue weighted by Crippen LogP contribution is 2.65. The minimum Gasteiger partial charge on any atom is -0.504 e. The van der Waals surface area contributed by atoms with E-state index in [1.54, 1.807) is 6.07 Å². The molecule has 1 saturated heterocycles. The SMILES string of the molecule is O=C(N[C@@H]1CC[C@@]2(O)C3Cc4ccc(O)c5c4C2(CCN3CC2CC2)[C@H]1O5)c1ccc2ccccc2c1. The molecule has 2 bridgehead atoms. The third kappa shape index (κ3) is 2.91. The van der Waals surface area contributed by atoms with Crippen LogP contribution in [0.4, 0.5) is 0 Å². The molecule has 6 heteroatoms. The normalized spacial score (nSPS) is 33.6. The first-order valence-electron chi connectivity index (χ1n) is 13.8. The first kappa shape index (κ1) is 21.9. The summed E-state index contributed by atoms with van der Waals surface area (Å²) in [5.41, 5.74) is 1.22. The number of amides is 1. The Morgan fingerprint density at radius 3 is 2.73 bits per heavy atom. The number of nitrogens with one attached hydrogen (secondary N) is 1. The van der Waals surface area contributed by atoms with Crippen molar-refractivity contribution >= 4 is 16.7 Å². The second-order valence-corrected chi connectivity index (χ2v) is 12.0. The van der Waals surface area contributed by atoms with Gasteiger partial charge in [-0.2, -0.15) is 0 Å². The molecule has 3 aromatic rings. The maximum Gasteiger partial charge on any atom is 0.251 e. The molecule has 0 radical (unpaired) electrons. The molecular formula is C31H32N2O4. The van der Waals surface area contributed by atoms with Crippen molar-refractivity contribution in [3.05, 3.63) is 71.3 Å². The van der Waals surface area contributed by atoms with Crippen molar-refractivity contribution < 1.29 is 19.7 Å². The van der Waals surface area contributed by atoms with E-state index in [4.69, 9.17) is 4.74 Å². The predicted molar refractivity (Wildman–Crippen MR) is 140 cm³/mol. The molecule has 3 N–H and O–H groups in total. The molecule has 3 fully saturated rings. The van der Waals surface area contributed by atoms with Crippen molar-refractivity contribution in [2.24, 2.45) is 5.92 Å². The van der Waals surface area contributed by atoms with Crippen LogP contribution >= 0.6 is 0 Å². The molecule has 190 valence electrons. The number of hydrogen-bond donors (Lipinski definition) is 3. The van der Waals surface area contributed by atoms with Gasteiger partial charge in [-0.25, -0.2) is 0 Å². The van der Waals surface area contributed by atoms with Gasteiger partial charge in [0.05, 0.1) is 17.1 Å². The average molecular weight is 497 g/mol. The maximum absolute atomic E-state index is 13.5. The van der Waals surface area contributed by atoms with E-state index in [1.165, 1.54) is 18.4 Å². The van der Waals surface area contributed by atoms with Gasteiger partial charge in [0.25, 0.3) is 5.91 Å². The van der Waals surface area contributed by atoms with Crippen molar-refractivity contribution in [3.63, 3.8) is 0 Å². The van der Waals surface area contributed by atoms with E-state index in [2.05, 4.69) is 10.2 Å². The van der Waals surface area contributed by atoms with Crippen LogP contribution in [0.3, 0.4) is 0 Å². The molecule has 3 aliphatic carbocycles. The number of ether oxygens (including phenoxy) is 1. The van der Waals surface area contributed by atoms with Crippen molar-refractivity contribution in [1.82, 2.24) is 10.2 Å². The minimum absolute atomic E-state index is 0.0353. The Balaban J connectivity index is 1.17. The molecule has 8 rings (SSSR count). The molecular weight excluding hydrogens is 464 g/mol. The average Bonchev–Trinajstić information content (AvgIpc) is 3.65. The summed E-state index contributed by atoms with van der Waals surface area (Å²) in [6, 6.07) is 17.4. The highest BCUT2D eigenvalue weighted by molar-refractivity contribution is 5.98. The molecule has 2 heterocycles. The summed E-state index contributed by atoms with van der Waals surface area (Å²) in [5.74, 6) is 1.27. The van der Waals surface area contributed by atoms with Gasteiger partial charge in [-0.15, -0.1) is 0 Å². The lowest BCUT2D eigenvalue weighted by molar-refractivity contribution is -0.191. The summed E-state index contributed by atoms with van der Waals surface area (Å²) in [4.78, 5) is 16.0. The standard InChI is InChI=1S/C31H32N2O4/c34-24-10-9-21-16-25-31(36)12-11-23(32-29(35)22-8-7-19-3-1-2-4-20(19)15-22)28-30(31,26(21)27(24)37-28)13-14-33(25)17-18-5-6-18/h1-4,7-10,15,18,23,25,28,34,36H,5-6,11-14,16-17H2,(H,32,35)/t23-,25?,28+,30?,31-/m1/s1. The van der Waals surface area contributed by atoms with Crippen LogP contribution in [-0.2, 0) is 11.8 Å². The van der Waals surface area contributed by atoms with Crippen LogP contribution in [-0.4, -0.2) is 57.9 Å². The lowest BCUT2D eigenvalue weighted by atomic mass is 9.48. The smallest absolute Gasteiger partial charge is 0.251 e. The Hall–Kier alpha value is -3.09. The minimum atomic E-state index is -0.943. The Morgan fingerprint density at radius 1 is 1.05 bits per heavy atom. The fraction of sp³-hybridized carbons (Fsp3) is 0.452. The molecule has 1 amide bonds. The van der Waals surface area contributed by atoms with Gasteiger partial charge < -0.3 is 20.3 Å². The van der Waals surface area contributed by atoms with Crippen LogP contribution in [0.5, 0.6) is 11.5 Å².